The molecule has 1 saturated heterocycles. The molecule has 2 atom stereocenters. The van der Waals surface area contributed by atoms with Crippen molar-refractivity contribution in [2.45, 2.75) is 44.0 Å². The van der Waals surface area contributed by atoms with Crippen molar-refractivity contribution in [3.63, 3.8) is 0 Å². The first-order chi connectivity index (χ1) is 9.07. The average Bonchev–Trinajstić information content (AvgIpc) is 3.14. The number of benzene rings is 1. The van der Waals surface area contributed by atoms with Crippen LogP contribution in [0.4, 0.5) is 4.39 Å². The van der Waals surface area contributed by atoms with Gasteiger partial charge in [-0.25, -0.2) is 4.39 Å². The van der Waals surface area contributed by atoms with E-state index in [0.717, 1.165) is 22.8 Å². The molecule has 5 heteroatoms. The summed E-state index contributed by atoms with van der Waals surface area (Å²) in [6, 6.07) is 5.25. The summed E-state index contributed by atoms with van der Waals surface area (Å²) in [5.74, 6) is 0.532. The monoisotopic (exact) mass is 278 g/mol. The topological polar surface area (TPSA) is 24.5 Å². The summed E-state index contributed by atoms with van der Waals surface area (Å²) in [4.78, 5) is 2.19. The van der Waals surface area contributed by atoms with Crippen LogP contribution < -0.4 is 10.1 Å². The minimum absolute atomic E-state index is 0.0481. The molecule has 3 nitrogen and oxygen atoms in total. The Balaban J connectivity index is 1.80. The van der Waals surface area contributed by atoms with Crippen LogP contribution in [0.1, 0.15) is 37.8 Å². The smallest absolute Gasteiger partial charge is 0.184 e. The standard InChI is InChI=1S/C14H15FN2OS/c1-14-7-11(16-13(19)17(14)9-3-4-9)10-6-8(15)2-5-12(10)18-14/h2,5-6,9,11H,3-4,7H2,1H3,(H,16,19). The molecule has 4 rings (SSSR count). The molecule has 19 heavy (non-hydrogen) atoms. The van der Waals surface area contributed by atoms with Crippen LogP contribution in [0.3, 0.4) is 0 Å². The molecule has 100 valence electrons. The zero-order chi connectivity index (χ0) is 13.2. The zero-order valence-corrected chi connectivity index (χ0v) is 11.5. The van der Waals surface area contributed by atoms with Gasteiger partial charge in [-0.2, -0.15) is 0 Å². The third-order valence-electron chi connectivity index (χ3n) is 4.20. The van der Waals surface area contributed by atoms with Gasteiger partial charge in [0.05, 0.1) is 6.04 Å². The van der Waals surface area contributed by atoms with Gasteiger partial charge in [-0.05, 0) is 50.2 Å². The summed E-state index contributed by atoms with van der Waals surface area (Å²) >= 11 is 5.47. The highest BCUT2D eigenvalue weighted by molar-refractivity contribution is 7.80. The number of ether oxygens (including phenoxy) is 1. The van der Waals surface area contributed by atoms with E-state index in [1.54, 1.807) is 12.1 Å². The Bertz CT molecular complexity index is 575. The molecule has 2 heterocycles. The van der Waals surface area contributed by atoms with Crippen molar-refractivity contribution in [3.8, 4) is 5.75 Å². The van der Waals surface area contributed by atoms with Crippen LogP contribution in [0.15, 0.2) is 18.2 Å². The maximum absolute atomic E-state index is 13.4. The number of fused-ring (bicyclic) bond motifs is 4. The Morgan fingerprint density at radius 1 is 1.47 bits per heavy atom. The predicted molar refractivity (Wildman–Crippen MR) is 73.4 cm³/mol. The van der Waals surface area contributed by atoms with Crippen molar-refractivity contribution in [3.05, 3.63) is 29.6 Å². The van der Waals surface area contributed by atoms with Crippen molar-refractivity contribution in [1.29, 1.82) is 0 Å². The molecule has 0 aromatic heterocycles. The number of halogens is 1. The lowest BCUT2D eigenvalue weighted by Gasteiger charge is -2.52. The Labute approximate surface area is 116 Å². The number of nitrogens with one attached hydrogen (secondary N) is 1. The minimum atomic E-state index is -0.404. The Morgan fingerprint density at radius 3 is 3.00 bits per heavy atom. The maximum Gasteiger partial charge on any atom is 0.184 e. The van der Waals surface area contributed by atoms with Crippen molar-refractivity contribution in [2.75, 3.05) is 0 Å². The fraction of sp³-hybridized carbons (Fsp3) is 0.500. The number of hydrogen-bond donors (Lipinski definition) is 1. The molecule has 3 aliphatic rings. The van der Waals surface area contributed by atoms with Gasteiger partial charge in [-0.15, -0.1) is 0 Å². The molecule has 1 N–H and O–H groups in total. The number of hydrogen-bond acceptors (Lipinski definition) is 2. The molecule has 0 amide bonds. The third kappa shape index (κ3) is 1.64. The van der Waals surface area contributed by atoms with E-state index in [-0.39, 0.29) is 11.9 Å². The zero-order valence-electron chi connectivity index (χ0n) is 10.6. The SMILES string of the molecule is CC12CC(NC(=S)N1C1CC1)c1cc(F)ccc1O2. The lowest BCUT2D eigenvalue weighted by Crippen LogP contribution is -2.65. The van der Waals surface area contributed by atoms with Crippen LogP contribution in [0.2, 0.25) is 0 Å². The molecule has 2 aliphatic heterocycles. The van der Waals surface area contributed by atoms with Gasteiger partial charge in [-0.1, -0.05) is 0 Å². The third-order valence-corrected chi connectivity index (χ3v) is 4.51. The van der Waals surface area contributed by atoms with E-state index in [1.165, 1.54) is 18.9 Å². The van der Waals surface area contributed by atoms with E-state index in [2.05, 4.69) is 17.1 Å². The first-order valence-corrected chi connectivity index (χ1v) is 7.06. The van der Waals surface area contributed by atoms with Crippen LogP contribution in [0.5, 0.6) is 5.75 Å². The van der Waals surface area contributed by atoms with E-state index in [9.17, 15) is 4.39 Å². The Kier molecular flexibility index (Phi) is 2.17. The van der Waals surface area contributed by atoms with Crippen LogP contribution >= 0.6 is 12.2 Å². The summed E-state index contributed by atoms with van der Waals surface area (Å²) in [6.07, 6.45) is 3.13. The molecule has 1 saturated carbocycles. The molecule has 0 spiro atoms. The first kappa shape index (κ1) is 11.5. The highest BCUT2D eigenvalue weighted by Crippen LogP contribution is 2.47. The van der Waals surface area contributed by atoms with E-state index in [1.807, 2.05) is 0 Å². The molecular weight excluding hydrogens is 263 g/mol. The fourth-order valence-corrected chi connectivity index (χ4v) is 3.73. The summed E-state index contributed by atoms with van der Waals surface area (Å²) in [5, 5.41) is 4.07. The van der Waals surface area contributed by atoms with Crippen LogP contribution in [0.25, 0.3) is 0 Å². The van der Waals surface area contributed by atoms with E-state index >= 15 is 0 Å². The van der Waals surface area contributed by atoms with E-state index in [4.69, 9.17) is 17.0 Å². The second kappa shape index (κ2) is 3.60. The predicted octanol–water partition coefficient (Wildman–Crippen LogP) is 2.72. The lowest BCUT2D eigenvalue weighted by atomic mass is 9.90. The maximum atomic E-state index is 13.4. The normalized spacial score (nSPS) is 32.4. The van der Waals surface area contributed by atoms with E-state index < -0.39 is 5.72 Å². The molecule has 2 unspecified atom stereocenters. The van der Waals surface area contributed by atoms with Crippen molar-refractivity contribution >= 4 is 17.3 Å². The van der Waals surface area contributed by atoms with Crippen LogP contribution in [-0.4, -0.2) is 21.8 Å². The van der Waals surface area contributed by atoms with Gasteiger partial charge in [0.2, 0.25) is 0 Å². The highest BCUT2D eigenvalue weighted by Gasteiger charge is 2.52. The molecule has 2 fully saturated rings. The largest absolute Gasteiger partial charge is 0.468 e. The van der Waals surface area contributed by atoms with Gasteiger partial charge in [-0.3, -0.25) is 0 Å². The van der Waals surface area contributed by atoms with Gasteiger partial charge in [0.15, 0.2) is 10.8 Å². The van der Waals surface area contributed by atoms with Gasteiger partial charge in [0, 0.05) is 18.0 Å². The molecule has 1 aromatic rings. The first-order valence-electron chi connectivity index (χ1n) is 6.65. The molecule has 1 aromatic carbocycles. The van der Waals surface area contributed by atoms with Crippen LogP contribution in [-0.2, 0) is 0 Å². The molecular formula is C14H15FN2OS. The molecule has 1 aliphatic carbocycles. The van der Waals surface area contributed by atoms with Crippen LogP contribution in [0, 0.1) is 5.82 Å². The molecule has 2 bridgehead atoms. The Morgan fingerprint density at radius 2 is 2.26 bits per heavy atom. The van der Waals surface area contributed by atoms with Crippen molar-refractivity contribution in [2.24, 2.45) is 0 Å². The minimum Gasteiger partial charge on any atom is -0.468 e. The second-order valence-electron chi connectivity index (χ2n) is 5.77. The second-order valence-corrected chi connectivity index (χ2v) is 6.15. The number of thiocarbonyl (C=S) groups is 1. The fourth-order valence-electron chi connectivity index (χ4n) is 3.25. The summed E-state index contributed by atoms with van der Waals surface area (Å²) in [7, 11) is 0. The van der Waals surface area contributed by atoms with Gasteiger partial charge < -0.3 is 15.0 Å². The number of nitrogens with zero attached hydrogens (tertiary/aromatic N) is 1. The van der Waals surface area contributed by atoms with Gasteiger partial charge >= 0.3 is 0 Å². The summed E-state index contributed by atoms with van der Waals surface area (Å²) in [6.45, 7) is 2.08. The van der Waals surface area contributed by atoms with Gasteiger partial charge in [0.25, 0.3) is 0 Å². The lowest BCUT2D eigenvalue weighted by molar-refractivity contribution is -0.0722. The number of rotatable bonds is 1. The van der Waals surface area contributed by atoms with E-state index in [0.29, 0.717) is 6.04 Å². The van der Waals surface area contributed by atoms with Crippen molar-refractivity contribution in [1.82, 2.24) is 10.2 Å². The summed E-state index contributed by atoms with van der Waals surface area (Å²) in [5.41, 5.74) is 0.467. The highest BCUT2D eigenvalue weighted by atomic mass is 32.1. The summed E-state index contributed by atoms with van der Waals surface area (Å²) < 4.78 is 19.6. The molecule has 0 radical (unpaired) electrons. The quantitative estimate of drug-likeness (QED) is 0.798. The van der Waals surface area contributed by atoms with Crippen molar-refractivity contribution < 1.29 is 9.13 Å². The van der Waals surface area contributed by atoms with Gasteiger partial charge in [0.1, 0.15) is 11.6 Å². The Hall–Kier alpha value is -1.36. The average molecular weight is 278 g/mol.